The van der Waals surface area contributed by atoms with E-state index in [2.05, 4.69) is 5.32 Å². The molecule has 1 amide bonds. The fourth-order valence-electron chi connectivity index (χ4n) is 1.03. The van der Waals surface area contributed by atoms with Crippen molar-refractivity contribution in [3.63, 3.8) is 0 Å². The first-order valence-corrected chi connectivity index (χ1v) is 4.25. The zero-order valence-electron chi connectivity index (χ0n) is 7.79. The molecule has 0 bridgehead atoms. The maximum Gasteiger partial charge on any atom is 0.328 e. The van der Waals surface area contributed by atoms with E-state index in [0.29, 0.717) is 18.6 Å². The molecule has 4 heteroatoms. The fourth-order valence-corrected chi connectivity index (χ4v) is 1.03. The second-order valence-electron chi connectivity index (χ2n) is 2.95. The van der Waals surface area contributed by atoms with E-state index in [1.165, 1.54) is 0 Å². The Morgan fingerprint density at radius 3 is 2.85 bits per heavy atom. The minimum absolute atomic E-state index is 0.202. The number of hydrogen-bond donors (Lipinski definition) is 1. The molecule has 1 aliphatic rings. The van der Waals surface area contributed by atoms with Gasteiger partial charge in [-0.15, -0.1) is 0 Å². The summed E-state index contributed by atoms with van der Waals surface area (Å²) in [6, 6.07) is -0.456. The summed E-state index contributed by atoms with van der Waals surface area (Å²) in [5.41, 5.74) is 0.611. The third-order valence-corrected chi connectivity index (χ3v) is 2.03. The summed E-state index contributed by atoms with van der Waals surface area (Å²) in [5, 5.41) is 2.60. The molecule has 1 N–H and O–H groups in total. The SMILES string of the molecule is C/C=C(/C)C(=O)NC1CCOC1=O. The number of cyclic esters (lactones) is 1. The molecule has 0 aromatic carbocycles. The topological polar surface area (TPSA) is 55.4 Å². The quantitative estimate of drug-likeness (QED) is 0.497. The molecule has 0 radical (unpaired) electrons. The Kier molecular flexibility index (Phi) is 3.06. The van der Waals surface area contributed by atoms with Gasteiger partial charge >= 0.3 is 5.97 Å². The molecular formula is C9H13NO3. The normalized spacial score (nSPS) is 22.8. The molecule has 13 heavy (non-hydrogen) atoms. The highest BCUT2D eigenvalue weighted by molar-refractivity contribution is 5.95. The van der Waals surface area contributed by atoms with E-state index in [9.17, 15) is 9.59 Å². The average Bonchev–Trinajstić information content (AvgIpc) is 2.50. The van der Waals surface area contributed by atoms with E-state index in [4.69, 9.17) is 4.74 Å². The molecule has 0 spiro atoms. The third-order valence-electron chi connectivity index (χ3n) is 2.03. The highest BCUT2D eigenvalue weighted by Gasteiger charge is 2.27. The molecular weight excluding hydrogens is 170 g/mol. The van der Waals surface area contributed by atoms with E-state index in [0.717, 1.165) is 0 Å². The zero-order chi connectivity index (χ0) is 9.84. The monoisotopic (exact) mass is 183 g/mol. The van der Waals surface area contributed by atoms with E-state index in [1.54, 1.807) is 19.9 Å². The van der Waals surface area contributed by atoms with Gasteiger partial charge in [0.2, 0.25) is 5.91 Å². The first-order chi connectivity index (χ1) is 6.15. The Morgan fingerprint density at radius 2 is 2.38 bits per heavy atom. The average molecular weight is 183 g/mol. The molecule has 1 rings (SSSR count). The Morgan fingerprint density at radius 1 is 1.69 bits per heavy atom. The van der Waals surface area contributed by atoms with Gasteiger partial charge in [0.25, 0.3) is 0 Å². The van der Waals surface area contributed by atoms with Gasteiger partial charge in [-0.05, 0) is 13.8 Å². The summed E-state index contributed by atoms with van der Waals surface area (Å²) in [6.07, 6.45) is 2.27. The Bertz CT molecular complexity index is 258. The lowest BCUT2D eigenvalue weighted by Gasteiger charge is -2.08. The molecule has 1 heterocycles. The zero-order valence-corrected chi connectivity index (χ0v) is 7.79. The van der Waals surface area contributed by atoms with Crippen LogP contribution < -0.4 is 5.32 Å². The summed E-state index contributed by atoms with van der Waals surface area (Å²) in [4.78, 5) is 22.3. The summed E-state index contributed by atoms with van der Waals surface area (Å²) in [7, 11) is 0. The minimum atomic E-state index is -0.456. The minimum Gasteiger partial charge on any atom is -0.464 e. The molecule has 0 aromatic heterocycles. The number of carbonyl (C=O) groups is 2. The number of hydrogen-bond acceptors (Lipinski definition) is 3. The maximum absolute atomic E-state index is 11.3. The molecule has 0 saturated carbocycles. The van der Waals surface area contributed by atoms with Crippen LogP contribution in [0.3, 0.4) is 0 Å². The summed E-state index contributed by atoms with van der Waals surface area (Å²) in [5.74, 6) is -0.538. The summed E-state index contributed by atoms with van der Waals surface area (Å²) >= 11 is 0. The van der Waals surface area contributed by atoms with Crippen LogP contribution in [0.4, 0.5) is 0 Å². The molecule has 72 valence electrons. The van der Waals surface area contributed by atoms with Gasteiger partial charge in [0.1, 0.15) is 6.04 Å². The largest absolute Gasteiger partial charge is 0.464 e. The van der Waals surface area contributed by atoms with Crippen molar-refractivity contribution in [2.75, 3.05) is 6.61 Å². The second-order valence-corrected chi connectivity index (χ2v) is 2.95. The maximum atomic E-state index is 11.3. The number of amides is 1. The summed E-state index contributed by atoms with van der Waals surface area (Å²) < 4.78 is 4.71. The van der Waals surface area contributed by atoms with Crippen LogP contribution in [0.25, 0.3) is 0 Å². The second kappa shape index (κ2) is 4.07. The van der Waals surface area contributed by atoms with Crippen molar-refractivity contribution in [2.24, 2.45) is 0 Å². The first kappa shape index (κ1) is 9.77. The van der Waals surface area contributed by atoms with Crippen LogP contribution in [-0.4, -0.2) is 24.5 Å². The van der Waals surface area contributed by atoms with Crippen LogP contribution in [0.2, 0.25) is 0 Å². The predicted octanol–water partition coefficient (Wildman–Crippen LogP) is 0.384. The molecule has 1 atom stereocenters. The molecule has 1 unspecified atom stereocenters. The molecule has 1 saturated heterocycles. The van der Waals surface area contributed by atoms with Crippen LogP contribution in [0.15, 0.2) is 11.6 Å². The van der Waals surface area contributed by atoms with Crippen molar-refractivity contribution >= 4 is 11.9 Å². The molecule has 1 fully saturated rings. The standard InChI is InChI=1S/C9H13NO3/c1-3-6(2)8(11)10-7-4-5-13-9(7)12/h3,7H,4-5H2,1-2H3,(H,10,11)/b6-3-. The Labute approximate surface area is 76.9 Å². The van der Waals surface area contributed by atoms with Crippen LogP contribution in [0.5, 0.6) is 0 Å². The van der Waals surface area contributed by atoms with E-state index < -0.39 is 6.04 Å². The highest BCUT2D eigenvalue weighted by Crippen LogP contribution is 2.06. The predicted molar refractivity (Wildman–Crippen MR) is 46.9 cm³/mol. The van der Waals surface area contributed by atoms with Crippen molar-refractivity contribution in [2.45, 2.75) is 26.3 Å². The fraction of sp³-hybridized carbons (Fsp3) is 0.556. The molecule has 1 aliphatic heterocycles. The smallest absolute Gasteiger partial charge is 0.328 e. The van der Waals surface area contributed by atoms with E-state index in [1.807, 2.05) is 0 Å². The lowest BCUT2D eigenvalue weighted by Crippen LogP contribution is -2.38. The van der Waals surface area contributed by atoms with E-state index >= 15 is 0 Å². The Hall–Kier alpha value is -1.32. The van der Waals surface area contributed by atoms with Gasteiger partial charge < -0.3 is 10.1 Å². The third kappa shape index (κ3) is 2.31. The van der Waals surface area contributed by atoms with Crippen molar-refractivity contribution in [1.29, 1.82) is 0 Å². The van der Waals surface area contributed by atoms with Gasteiger partial charge in [-0.2, -0.15) is 0 Å². The van der Waals surface area contributed by atoms with Crippen LogP contribution in [0.1, 0.15) is 20.3 Å². The number of allylic oxidation sites excluding steroid dienone is 1. The van der Waals surface area contributed by atoms with Crippen molar-refractivity contribution in [1.82, 2.24) is 5.32 Å². The molecule has 4 nitrogen and oxygen atoms in total. The van der Waals surface area contributed by atoms with Crippen LogP contribution in [-0.2, 0) is 14.3 Å². The number of nitrogens with one attached hydrogen (secondary N) is 1. The van der Waals surface area contributed by atoms with Gasteiger partial charge in [-0.1, -0.05) is 6.08 Å². The van der Waals surface area contributed by atoms with Gasteiger partial charge in [0.15, 0.2) is 0 Å². The van der Waals surface area contributed by atoms with Gasteiger partial charge in [-0.3, -0.25) is 4.79 Å². The Balaban J connectivity index is 2.49. The van der Waals surface area contributed by atoms with Crippen LogP contribution >= 0.6 is 0 Å². The van der Waals surface area contributed by atoms with Gasteiger partial charge in [0.05, 0.1) is 6.61 Å². The van der Waals surface area contributed by atoms with Gasteiger partial charge in [0, 0.05) is 12.0 Å². The number of ether oxygens (including phenoxy) is 1. The lowest BCUT2D eigenvalue weighted by molar-refractivity contribution is -0.141. The van der Waals surface area contributed by atoms with Crippen molar-refractivity contribution < 1.29 is 14.3 Å². The van der Waals surface area contributed by atoms with Crippen LogP contribution in [0, 0.1) is 0 Å². The van der Waals surface area contributed by atoms with E-state index in [-0.39, 0.29) is 11.9 Å². The molecule has 0 aromatic rings. The number of esters is 1. The number of rotatable bonds is 2. The lowest BCUT2D eigenvalue weighted by atomic mass is 10.2. The summed E-state index contributed by atoms with van der Waals surface area (Å²) in [6.45, 7) is 3.89. The number of carbonyl (C=O) groups excluding carboxylic acids is 2. The van der Waals surface area contributed by atoms with Crippen molar-refractivity contribution in [3.05, 3.63) is 11.6 Å². The molecule has 0 aliphatic carbocycles. The van der Waals surface area contributed by atoms with Gasteiger partial charge in [-0.25, -0.2) is 4.79 Å². The first-order valence-electron chi connectivity index (χ1n) is 4.25. The van der Waals surface area contributed by atoms with Crippen molar-refractivity contribution in [3.8, 4) is 0 Å². The highest BCUT2D eigenvalue weighted by atomic mass is 16.5.